The smallest absolute Gasteiger partial charge is 0.293 e. The number of piperidine rings is 2. The normalized spacial score (nSPS) is 20.8. The van der Waals surface area contributed by atoms with Gasteiger partial charge in [0.15, 0.2) is 0 Å². The van der Waals surface area contributed by atoms with Gasteiger partial charge in [-0.05, 0) is 69.8 Å². The predicted molar refractivity (Wildman–Crippen MR) is 111 cm³/mol. The molecule has 2 aliphatic heterocycles. The topological polar surface area (TPSA) is 78.7 Å². The van der Waals surface area contributed by atoms with E-state index in [1.807, 2.05) is 0 Å². The highest BCUT2D eigenvalue weighted by Crippen LogP contribution is 2.32. The van der Waals surface area contributed by atoms with Crippen LogP contribution >= 0.6 is 0 Å². The summed E-state index contributed by atoms with van der Waals surface area (Å²) in [7, 11) is 0. The van der Waals surface area contributed by atoms with Gasteiger partial charge in [0.05, 0.1) is 4.92 Å². The zero-order valence-corrected chi connectivity index (χ0v) is 16.9. The van der Waals surface area contributed by atoms with Gasteiger partial charge < -0.3 is 15.1 Å². The molecular weight excluding hydrogens is 356 g/mol. The molecule has 0 radical (unpaired) electrons. The second kappa shape index (κ2) is 9.87. The third-order valence-electron chi connectivity index (χ3n) is 5.82. The van der Waals surface area contributed by atoms with Crippen LogP contribution in [-0.4, -0.2) is 55.0 Å². The van der Waals surface area contributed by atoms with Crippen LogP contribution < -0.4 is 10.2 Å². The Morgan fingerprint density at radius 1 is 1.21 bits per heavy atom. The van der Waals surface area contributed by atoms with E-state index in [1.54, 1.807) is 12.1 Å². The first-order valence-electron chi connectivity index (χ1n) is 10.6. The monoisotopic (exact) mass is 388 g/mol. The van der Waals surface area contributed by atoms with E-state index in [9.17, 15) is 14.9 Å². The van der Waals surface area contributed by atoms with Crippen LogP contribution in [0.25, 0.3) is 0 Å². The maximum atomic E-state index is 12.4. The number of anilines is 1. The Bertz CT molecular complexity index is 688. The summed E-state index contributed by atoms with van der Waals surface area (Å²) in [6.45, 7) is 7.70. The van der Waals surface area contributed by atoms with Gasteiger partial charge in [0.2, 0.25) is 0 Å². The molecule has 0 saturated carbocycles. The maximum Gasteiger partial charge on any atom is 0.293 e. The SMILES string of the molecule is CC1CCCN(c2ccc(C(=O)NCCCN3CCCCC3)cc2[N+](=O)[O-])C1. The summed E-state index contributed by atoms with van der Waals surface area (Å²) >= 11 is 0. The van der Waals surface area contributed by atoms with Gasteiger partial charge in [-0.2, -0.15) is 0 Å². The first-order valence-corrected chi connectivity index (χ1v) is 10.6. The van der Waals surface area contributed by atoms with E-state index in [1.165, 1.54) is 25.3 Å². The molecule has 2 fully saturated rings. The van der Waals surface area contributed by atoms with Gasteiger partial charge in [0, 0.05) is 31.3 Å². The van der Waals surface area contributed by atoms with E-state index in [4.69, 9.17) is 0 Å². The lowest BCUT2D eigenvalue weighted by Crippen LogP contribution is -2.35. The fraction of sp³-hybridized carbons (Fsp3) is 0.667. The summed E-state index contributed by atoms with van der Waals surface area (Å²) in [5.74, 6) is 0.288. The van der Waals surface area contributed by atoms with Crippen LogP contribution in [0, 0.1) is 16.0 Å². The molecule has 1 amide bonds. The van der Waals surface area contributed by atoms with E-state index in [-0.39, 0.29) is 16.5 Å². The number of hydrogen-bond acceptors (Lipinski definition) is 5. The van der Waals surface area contributed by atoms with Crippen LogP contribution in [0.1, 0.15) is 55.8 Å². The number of likely N-dealkylation sites (tertiary alicyclic amines) is 1. The highest BCUT2D eigenvalue weighted by Gasteiger charge is 2.25. The van der Waals surface area contributed by atoms with Crippen molar-refractivity contribution in [1.82, 2.24) is 10.2 Å². The highest BCUT2D eigenvalue weighted by atomic mass is 16.6. The Morgan fingerprint density at radius 2 is 2.00 bits per heavy atom. The number of nitrogens with zero attached hydrogens (tertiary/aromatic N) is 3. The second-order valence-corrected chi connectivity index (χ2v) is 8.17. The first-order chi connectivity index (χ1) is 13.5. The molecule has 0 spiro atoms. The lowest BCUT2D eigenvalue weighted by atomic mass is 9.99. The van der Waals surface area contributed by atoms with Crippen LogP contribution in [0.2, 0.25) is 0 Å². The zero-order chi connectivity index (χ0) is 19.9. The Balaban J connectivity index is 1.57. The minimum absolute atomic E-state index is 0.0232. The largest absolute Gasteiger partial charge is 0.366 e. The lowest BCUT2D eigenvalue weighted by molar-refractivity contribution is -0.384. The molecule has 2 aliphatic rings. The van der Waals surface area contributed by atoms with Gasteiger partial charge in [-0.3, -0.25) is 14.9 Å². The molecule has 1 unspecified atom stereocenters. The van der Waals surface area contributed by atoms with Crippen LogP contribution in [0.3, 0.4) is 0 Å². The van der Waals surface area contributed by atoms with Crippen molar-refractivity contribution in [3.63, 3.8) is 0 Å². The quantitative estimate of drug-likeness (QED) is 0.440. The van der Waals surface area contributed by atoms with E-state index < -0.39 is 0 Å². The molecule has 1 aromatic rings. The molecule has 1 N–H and O–H groups in total. The Hall–Kier alpha value is -2.15. The minimum atomic E-state index is -0.373. The Morgan fingerprint density at radius 3 is 2.71 bits per heavy atom. The minimum Gasteiger partial charge on any atom is -0.366 e. The van der Waals surface area contributed by atoms with Gasteiger partial charge >= 0.3 is 0 Å². The Labute approximate surface area is 167 Å². The van der Waals surface area contributed by atoms with Crippen LogP contribution in [0.15, 0.2) is 18.2 Å². The number of carbonyl (C=O) groups is 1. The van der Waals surface area contributed by atoms with Gasteiger partial charge in [-0.25, -0.2) is 0 Å². The average molecular weight is 389 g/mol. The van der Waals surface area contributed by atoms with Crippen molar-refractivity contribution in [3.8, 4) is 0 Å². The molecule has 1 atom stereocenters. The van der Waals surface area contributed by atoms with Crippen molar-refractivity contribution in [3.05, 3.63) is 33.9 Å². The highest BCUT2D eigenvalue weighted by molar-refractivity contribution is 5.95. The number of amides is 1. The van der Waals surface area contributed by atoms with Crippen LogP contribution in [-0.2, 0) is 0 Å². The number of nitro groups is 1. The second-order valence-electron chi connectivity index (χ2n) is 8.17. The van der Waals surface area contributed by atoms with E-state index >= 15 is 0 Å². The fourth-order valence-corrected chi connectivity index (χ4v) is 4.28. The lowest BCUT2D eigenvalue weighted by Gasteiger charge is -2.32. The molecule has 0 aromatic heterocycles. The van der Waals surface area contributed by atoms with E-state index in [0.717, 1.165) is 52.0 Å². The molecule has 0 bridgehead atoms. The van der Waals surface area contributed by atoms with Gasteiger partial charge in [-0.1, -0.05) is 13.3 Å². The van der Waals surface area contributed by atoms with Gasteiger partial charge in [0.1, 0.15) is 5.69 Å². The van der Waals surface area contributed by atoms with E-state index in [0.29, 0.717) is 23.7 Å². The fourth-order valence-electron chi connectivity index (χ4n) is 4.28. The van der Waals surface area contributed by atoms with Crippen molar-refractivity contribution in [2.45, 2.75) is 45.4 Å². The molecule has 28 heavy (non-hydrogen) atoms. The number of nitrogens with one attached hydrogen (secondary N) is 1. The molecule has 7 nitrogen and oxygen atoms in total. The summed E-state index contributed by atoms with van der Waals surface area (Å²) in [6.07, 6.45) is 6.94. The van der Waals surface area contributed by atoms with Crippen molar-refractivity contribution >= 4 is 17.3 Å². The van der Waals surface area contributed by atoms with Gasteiger partial charge in [0.25, 0.3) is 11.6 Å². The predicted octanol–water partition coefficient (Wildman–Crippen LogP) is 3.44. The molecule has 154 valence electrons. The van der Waals surface area contributed by atoms with Crippen LogP contribution in [0.4, 0.5) is 11.4 Å². The van der Waals surface area contributed by atoms with Crippen LogP contribution in [0.5, 0.6) is 0 Å². The van der Waals surface area contributed by atoms with Crippen molar-refractivity contribution in [2.24, 2.45) is 5.92 Å². The molecule has 2 heterocycles. The average Bonchev–Trinajstić information content (AvgIpc) is 2.71. The first kappa shape index (κ1) is 20.6. The summed E-state index contributed by atoms with van der Waals surface area (Å²) in [6, 6.07) is 4.87. The van der Waals surface area contributed by atoms with Crippen molar-refractivity contribution < 1.29 is 9.72 Å². The molecule has 0 aliphatic carbocycles. The number of benzene rings is 1. The van der Waals surface area contributed by atoms with Crippen molar-refractivity contribution in [2.75, 3.05) is 44.2 Å². The third-order valence-corrected chi connectivity index (χ3v) is 5.82. The summed E-state index contributed by atoms with van der Waals surface area (Å²) in [5.41, 5.74) is 1.01. The molecular formula is C21H32N4O3. The number of hydrogen-bond donors (Lipinski definition) is 1. The summed E-state index contributed by atoms with van der Waals surface area (Å²) in [4.78, 5) is 28.2. The molecule has 2 saturated heterocycles. The van der Waals surface area contributed by atoms with Crippen molar-refractivity contribution in [1.29, 1.82) is 0 Å². The number of carbonyl (C=O) groups excluding carboxylic acids is 1. The van der Waals surface area contributed by atoms with Gasteiger partial charge in [-0.15, -0.1) is 0 Å². The molecule has 1 aromatic carbocycles. The zero-order valence-electron chi connectivity index (χ0n) is 16.9. The summed E-state index contributed by atoms with van der Waals surface area (Å²) < 4.78 is 0. The third kappa shape index (κ3) is 5.44. The summed E-state index contributed by atoms with van der Waals surface area (Å²) in [5, 5.41) is 14.5. The molecule has 7 heteroatoms. The standard InChI is InChI=1S/C21H32N4O3/c1-17-7-5-14-24(16-17)19-9-8-18(15-20(19)25(27)28)21(26)22-10-6-13-23-11-3-2-4-12-23/h8-9,15,17H,2-7,10-14,16H2,1H3,(H,22,26). The Kier molecular flexibility index (Phi) is 7.25. The number of rotatable bonds is 7. The van der Waals surface area contributed by atoms with E-state index in [2.05, 4.69) is 22.0 Å². The maximum absolute atomic E-state index is 12.4. The molecule has 3 rings (SSSR count). The number of nitro benzene ring substituents is 1.